The third-order valence-corrected chi connectivity index (χ3v) is 2.39. The summed E-state index contributed by atoms with van der Waals surface area (Å²) in [5.74, 6) is 6.69. The smallest absolute Gasteiger partial charge is 0.122 e. The lowest BCUT2D eigenvalue weighted by atomic mass is 10.1. The van der Waals surface area contributed by atoms with Crippen LogP contribution in [0.3, 0.4) is 0 Å². The first-order chi connectivity index (χ1) is 8.17. The molecule has 1 aromatic carbocycles. The Hall–Kier alpha value is -1.50. The van der Waals surface area contributed by atoms with Crippen LogP contribution in [0.15, 0.2) is 18.2 Å². The van der Waals surface area contributed by atoms with Crippen molar-refractivity contribution in [1.82, 2.24) is 0 Å². The van der Waals surface area contributed by atoms with Crippen molar-refractivity contribution in [3.8, 4) is 17.6 Å². The van der Waals surface area contributed by atoms with Crippen LogP contribution in [-0.2, 0) is 4.74 Å². The third-order valence-electron chi connectivity index (χ3n) is 2.39. The van der Waals surface area contributed by atoms with Crippen molar-refractivity contribution in [2.24, 2.45) is 5.73 Å². The zero-order valence-electron chi connectivity index (χ0n) is 10.6. The van der Waals surface area contributed by atoms with Gasteiger partial charge in [0, 0.05) is 12.7 Å². The van der Waals surface area contributed by atoms with E-state index in [0.29, 0.717) is 13.2 Å². The van der Waals surface area contributed by atoms with Crippen LogP contribution in [0, 0.1) is 18.8 Å². The molecule has 17 heavy (non-hydrogen) atoms. The van der Waals surface area contributed by atoms with Gasteiger partial charge in [0.15, 0.2) is 0 Å². The molecule has 0 aliphatic carbocycles. The summed E-state index contributed by atoms with van der Waals surface area (Å²) in [6.07, 6.45) is 0.0890. The van der Waals surface area contributed by atoms with E-state index in [1.54, 1.807) is 7.11 Å². The van der Waals surface area contributed by atoms with Gasteiger partial charge >= 0.3 is 0 Å². The van der Waals surface area contributed by atoms with Gasteiger partial charge in [0.25, 0.3) is 0 Å². The standard InChI is InChI=1S/C14H19NO2/c1-11-9-13(5-4-8-15)6-7-14(11)17-10-12(2)16-3/h6-7,9,12H,8,10,15H2,1-3H3. The molecule has 1 atom stereocenters. The van der Waals surface area contributed by atoms with E-state index in [0.717, 1.165) is 16.9 Å². The van der Waals surface area contributed by atoms with Gasteiger partial charge in [0.05, 0.1) is 12.6 Å². The molecule has 0 amide bonds. The van der Waals surface area contributed by atoms with E-state index in [1.807, 2.05) is 32.0 Å². The predicted molar refractivity (Wildman–Crippen MR) is 69.1 cm³/mol. The van der Waals surface area contributed by atoms with Gasteiger partial charge in [-0.15, -0.1) is 0 Å². The van der Waals surface area contributed by atoms with Crippen molar-refractivity contribution in [3.05, 3.63) is 29.3 Å². The number of hydrogen-bond donors (Lipinski definition) is 1. The van der Waals surface area contributed by atoms with E-state index in [9.17, 15) is 0 Å². The second-order valence-electron chi connectivity index (χ2n) is 3.84. The molecule has 1 rings (SSSR count). The fourth-order valence-corrected chi connectivity index (χ4v) is 1.32. The molecule has 0 heterocycles. The molecule has 0 bridgehead atoms. The highest BCUT2D eigenvalue weighted by atomic mass is 16.5. The highest BCUT2D eigenvalue weighted by molar-refractivity contribution is 5.43. The number of methoxy groups -OCH3 is 1. The molecule has 3 nitrogen and oxygen atoms in total. The van der Waals surface area contributed by atoms with Crippen LogP contribution >= 0.6 is 0 Å². The van der Waals surface area contributed by atoms with Crippen molar-refractivity contribution in [1.29, 1.82) is 0 Å². The van der Waals surface area contributed by atoms with Gasteiger partial charge < -0.3 is 15.2 Å². The molecule has 0 aliphatic heterocycles. The van der Waals surface area contributed by atoms with Crippen LogP contribution in [0.2, 0.25) is 0 Å². The van der Waals surface area contributed by atoms with Gasteiger partial charge in [-0.2, -0.15) is 0 Å². The van der Waals surface area contributed by atoms with Crippen molar-refractivity contribution < 1.29 is 9.47 Å². The maximum Gasteiger partial charge on any atom is 0.122 e. The molecule has 0 aliphatic rings. The fraction of sp³-hybridized carbons (Fsp3) is 0.429. The van der Waals surface area contributed by atoms with Crippen LogP contribution in [-0.4, -0.2) is 26.4 Å². The molecule has 0 spiro atoms. The average Bonchev–Trinajstić information content (AvgIpc) is 2.34. The molecule has 3 heteroatoms. The number of rotatable bonds is 4. The summed E-state index contributed by atoms with van der Waals surface area (Å²) < 4.78 is 10.8. The van der Waals surface area contributed by atoms with Crippen molar-refractivity contribution in [2.45, 2.75) is 20.0 Å². The van der Waals surface area contributed by atoms with Crippen LogP contribution in [0.5, 0.6) is 5.75 Å². The maximum atomic E-state index is 5.65. The number of hydrogen-bond acceptors (Lipinski definition) is 3. The SMILES string of the molecule is COC(C)COc1ccc(C#CCN)cc1C. The van der Waals surface area contributed by atoms with E-state index in [4.69, 9.17) is 15.2 Å². The van der Waals surface area contributed by atoms with Crippen molar-refractivity contribution in [2.75, 3.05) is 20.3 Å². The van der Waals surface area contributed by atoms with Crippen LogP contribution in [0.4, 0.5) is 0 Å². The Morgan fingerprint density at radius 3 is 2.76 bits per heavy atom. The molecule has 0 radical (unpaired) electrons. The summed E-state index contributed by atoms with van der Waals surface area (Å²) >= 11 is 0. The van der Waals surface area contributed by atoms with Gasteiger partial charge in [0.1, 0.15) is 12.4 Å². The second kappa shape index (κ2) is 6.95. The quantitative estimate of drug-likeness (QED) is 0.805. The largest absolute Gasteiger partial charge is 0.491 e. The summed E-state index contributed by atoms with van der Waals surface area (Å²) in [7, 11) is 1.67. The molecule has 0 aromatic heterocycles. The van der Waals surface area contributed by atoms with E-state index in [2.05, 4.69) is 11.8 Å². The zero-order valence-corrected chi connectivity index (χ0v) is 10.6. The Kier molecular flexibility index (Phi) is 5.55. The minimum Gasteiger partial charge on any atom is -0.491 e. The number of nitrogens with two attached hydrogens (primary N) is 1. The second-order valence-corrected chi connectivity index (χ2v) is 3.84. The average molecular weight is 233 g/mol. The Morgan fingerprint density at radius 2 is 2.18 bits per heavy atom. The lowest BCUT2D eigenvalue weighted by Crippen LogP contribution is -2.16. The first-order valence-corrected chi connectivity index (χ1v) is 5.62. The van der Waals surface area contributed by atoms with Crippen LogP contribution in [0.25, 0.3) is 0 Å². The Balaban J connectivity index is 2.69. The topological polar surface area (TPSA) is 44.5 Å². The first kappa shape index (κ1) is 13.6. The highest BCUT2D eigenvalue weighted by Crippen LogP contribution is 2.19. The van der Waals surface area contributed by atoms with Gasteiger partial charge in [-0.3, -0.25) is 0 Å². The summed E-state index contributed by atoms with van der Waals surface area (Å²) in [6.45, 7) is 4.89. The summed E-state index contributed by atoms with van der Waals surface area (Å²) in [5.41, 5.74) is 7.35. The first-order valence-electron chi connectivity index (χ1n) is 5.62. The molecule has 0 saturated carbocycles. The van der Waals surface area contributed by atoms with Gasteiger partial charge in [-0.05, 0) is 37.6 Å². The van der Waals surface area contributed by atoms with Gasteiger partial charge in [0.2, 0.25) is 0 Å². The van der Waals surface area contributed by atoms with E-state index < -0.39 is 0 Å². The minimum absolute atomic E-state index is 0.0890. The molecule has 0 saturated heterocycles. The Labute approximate surface area is 103 Å². The Bertz CT molecular complexity index is 418. The molecule has 92 valence electrons. The van der Waals surface area contributed by atoms with Crippen LogP contribution < -0.4 is 10.5 Å². The molecular formula is C14H19NO2. The number of benzene rings is 1. The van der Waals surface area contributed by atoms with Gasteiger partial charge in [-0.25, -0.2) is 0 Å². The van der Waals surface area contributed by atoms with E-state index in [-0.39, 0.29) is 6.10 Å². The summed E-state index contributed by atoms with van der Waals surface area (Å²) in [4.78, 5) is 0. The molecule has 1 aromatic rings. The minimum atomic E-state index is 0.0890. The predicted octanol–water partition coefficient (Wildman–Crippen LogP) is 1.72. The Morgan fingerprint density at radius 1 is 1.41 bits per heavy atom. The molecule has 0 fully saturated rings. The molecule has 2 N–H and O–H groups in total. The zero-order chi connectivity index (χ0) is 12.7. The monoisotopic (exact) mass is 233 g/mol. The lowest BCUT2D eigenvalue weighted by Gasteiger charge is -2.13. The van der Waals surface area contributed by atoms with Crippen molar-refractivity contribution >= 4 is 0 Å². The van der Waals surface area contributed by atoms with Crippen LogP contribution in [0.1, 0.15) is 18.1 Å². The lowest BCUT2D eigenvalue weighted by molar-refractivity contribution is 0.0714. The third kappa shape index (κ3) is 4.48. The number of aryl methyl sites for hydroxylation is 1. The summed E-state index contributed by atoms with van der Waals surface area (Å²) in [6, 6.07) is 5.86. The highest BCUT2D eigenvalue weighted by Gasteiger charge is 2.03. The molecular weight excluding hydrogens is 214 g/mol. The molecule has 1 unspecified atom stereocenters. The fourth-order valence-electron chi connectivity index (χ4n) is 1.32. The number of ether oxygens (including phenoxy) is 2. The van der Waals surface area contributed by atoms with E-state index >= 15 is 0 Å². The normalized spacial score (nSPS) is 11.5. The van der Waals surface area contributed by atoms with Crippen molar-refractivity contribution in [3.63, 3.8) is 0 Å². The summed E-state index contributed by atoms with van der Waals surface area (Å²) in [5, 5.41) is 0. The maximum absolute atomic E-state index is 5.65. The van der Waals surface area contributed by atoms with Gasteiger partial charge in [-0.1, -0.05) is 11.8 Å². The van der Waals surface area contributed by atoms with E-state index in [1.165, 1.54) is 0 Å².